The number of carbonyl (C=O) groups excluding carboxylic acids is 2. The van der Waals surface area contributed by atoms with Crippen LogP contribution in [0.3, 0.4) is 0 Å². The molecule has 1 amide bonds. The van der Waals surface area contributed by atoms with Gasteiger partial charge in [0.1, 0.15) is 12.4 Å². The highest BCUT2D eigenvalue weighted by Gasteiger charge is 2.28. The SMILES string of the molecule is O=C(N[C@H]1CC[C@H](C(=O)CN2CCOCC2)CC1)OCc1ccccc1. The molecule has 1 saturated heterocycles. The third kappa shape index (κ3) is 5.81. The van der Waals surface area contributed by atoms with Crippen LogP contribution in [0, 0.1) is 5.92 Å². The summed E-state index contributed by atoms with van der Waals surface area (Å²) in [6.45, 7) is 3.93. The van der Waals surface area contributed by atoms with E-state index in [1.54, 1.807) is 0 Å². The number of hydrogen-bond donors (Lipinski definition) is 1. The zero-order chi connectivity index (χ0) is 18.2. The number of nitrogens with zero attached hydrogens (tertiary/aromatic N) is 1. The Morgan fingerprint density at radius 2 is 1.77 bits per heavy atom. The van der Waals surface area contributed by atoms with Gasteiger partial charge in [0.2, 0.25) is 0 Å². The number of Topliss-reactive ketones (excluding diaryl/α,β-unsaturated/α-hetero) is 1. The summed E-state index contributed by atoms with van der Waals surface area (Å²) < 4.78 is 10.6. The van der Waals surface area contributed by atoms with E-state index >= 15 is 0 Å². The van der Waals surface area contributed by atoms with Crippen molar-refractivity contribution in [2.75, 3.05) is 32.8 Å². The minimum atomic E-state index is -0.378. The minimum absolute atomic E-state index is 0.103. The van der Waals surface area contributed by atoms with E-state index in [1.807, 2.05) is 30.3 Å². The molecule has 1 saturated carbocycles. The largest absolute Gasteiger partial charge is 0.445 e. The maximum absolute atomic E-state index is 12.5. The molecule has 0 spiro atoms. The minimum Gasteiger partial charge on any atom is -0.445 e. The van der Waals surface area contributed by atoms with E-state index in [-0.39, 0.29) is 24.7 Å². The third-order valence-corrected chi connectivity index (χ3v) is 5.20. The molecule has 1 heterocycles. The van der Waals surface area contributed by atoms with Crippen LogP contribution < -0.4 is 5.32 Å². The topological polar surface area (TPSA) is 67.9 Å². The highest BCUT2D eigenvalue weighted by Crippen LogP contribution is 2.25. The van der Waals surface area contributed by atoms with Gasteiger partial charge in [0.05, 0.1) is 19.8 Å². The fourth-order valence-corrected chi connectivity index (χ4v) is 3.60. The summed E-state index contributed by atoms with van der Waals surface area (Å²) in [6, 6.07) is 9.74. The van der Waals surface area contributed by atoms with E-state index in [0.29, 0.717) is 12.3 Å². The Kier molecular flexibility index (Phi) is 7.03. The van der Waals surface area contributed by atoms with E-state index in [0.717, 1.165) is 57.6 Å². The standard InChI is InChI=1S/C20H28N2O4/c23-19(14-22-10-12-25-13-11-22)17-6-8-18(9-7-17)21-20(24)26-15-16-4-2-1-3-5-16/h1-5,17-18H,6-15H2,(H,21,24)/t17-,18-. The summed E-state index contributed by atoms with van der Waals surface area (Å²) in [4.78, 5) is 26.6. The quantitative estimate of drug-likeness (QED) is 0.844. The molecular formula is C20H28N2O4. The Balaban J connectivity index is 1.34. The predicted molar refractivity (Wildman–Crippen MR) is 97.8 cm³/mol. The number of hydrogen-bond acceptors (Lipinski definition) is 5. The lowest BCUT2D eigenvalue weighted by molar-refractivity contribution is -0.126. The van der Waals surface area contributed by atoms with Crippen molar-refractivity contribution in [1.29, 1.82) is 0 Å². The summed E-state index contributed by atoms with van der Waals surface area (Å²) >= 11 is 0. The average molecular weight is 360 g/mol. The summed E-state index contributed by atoms with van der Waals surface area (Å²) in [5.41, 5.74) is 0.972. The van der Waals surface area contributed by atoms with Crippen molar-refractivity contribution in [2.24, 2.45) is 5.92 Å². The average Bonchev–Trinajstić information content (AvgIpc) is 2.68. The van der Waals surface area contributed by atoms with E-state index in [4.69, 9.17) is 9.47 Å². The Morgan fingerprint density at radius 1 is 1.08 bits per heavy atom. The van der Waals surface area contributed by atoms with Gasteiger partial charge in [-0.15, -0.1) is 0 Å². The molecule has 0 unspecified atom stereocenters. The molecule has 0 atom stereocenters. The number of benzene rings is 1. The number of ether oxygens (including phenoxy) is 2. The van der Waals surface area contributed by atoms with E-state index in [1.165, 1.54) is 0 Å². The third-order valence-electron chi connectivity index (χ3n) is 5.20. The van der Waals surface area contributed by atoms with Crippen LogP contribution in [0.2, 0.25) is 0 Å². The maximum Gasteiger partial charge on any atom is 0.407 e. The van der Waals surface area contributed by atoms with Crippen LogP contribution in [-0.4, -0.2) is 55.7 Å². The fraction of sp³-hybridized carbons (Fsp3) is 0.600. The first kappa shape index (κ1) is 18.9. The van der Waals surface area contributed by atoms with Crippen LogP contribution in [0.4, 0.5) is 4.79 Å². The molecule has 1 aliphatic heterocycles. The molecule has 6 nitrogen and oxygen atoms in total. The van der Waals surface area contributed by atoms with Gasteiger partial charge >= 0.3 is 6.09 Å². The number of rotatable bonds is 6. The van der Waals surface area contributed by atoms with E-state index < -0.39 is 0 Å². The van der Waals surface area contributed by atoms with Gasteiger partial charge in [-0.2, -0.15) is 0 Å². The van der Waals surface area contributed by atoms with Gasteiger partial charge in [-0.05, 0) is 31.2 Å². The van der Waals surface area contributed by atoms with Crippen LogP contribution in [0.5, 0.6) is 0 Å². The van der Waals surface area contributed by atoms with Crippen molar-refractivity contribution in [1.82, 2.24) is 10.2 Å². The van der Waals surface area contributed by atoms with Crippen molar-refractivity contribution < 1.29 is 19.1 Å². The predicted octanol–water partition coefficient (Wildman–Crippen LogP) is 2.37. The molecule has 0 radical (unpaired) electrons. The van der Waals surface area contributed by atoms with Gasteiger partial charge in [0.15, 0.2) is 0 Å². The second-order valence-electron chi connectivity index (χ2n) is 7.11. The van der Waals surface area contributed by atoms with Crippen LogP contribution in [0.15, 0.2) is 30.3 Å². The monoisotopic (exact) mass is 360 g/mol. The highest BCUT2D eigenvalue weighted by molar-refractivity contribution is 5.83. The molecule has 1 aromatic rings. The first-order valence-electron chi connectivity index (χ1n) is 9.51. The van der Waals surface area contributed by atoms with Crippen molar-refractivity contribution in [2.45, 2.75) is 38.3 Å². The molecule has 0 bridgehead atoms. The molecule has 2 aliphatic rings. The molecule has 26 heavy (non-hydrogen) atoms. The molecular weight excluding hydrogens is 332 g/mol. The van der Waals surface area contributed by atoms with Gasteiger partial charge < -0.3 is 14.8 Å². The number of carbonyl (C=O) groups is 2. The fourth-order valence-electron chi connectivity index (χ4n) is 3.60. The molecule has 1 aromatic carbocycles. The van der Waals surface area contributed by atoms with Crippen LogP contribution in [-0.2, 0) is 20.9 Å². The van der Waals surface area contributed by atoms with Gasteiger partial charge in [-0.1, -0.05) is 30.3 Å². The highest BCUT2D eigenvalue weighted by atomic mass is 16.5. The second kappa shape index (κ2) is 9.69. The summed E-state index contributed by atoms with van der Waals surface area (Å²) in [7, 11) is 0. The lowest BCUT2D eigenvalue weighted by atomic mass is 9.83. The Morgan fingerprint density at radius 3 is 2.46 bits per heavy atom. The van der Waals surface area contributed by atoms with Gasteiger partial charge in [-0.25, -0.2) is 4.79 Å². The van der Waals surface area contributed by atoms with Gasteiger partial charge in [-0.3, -0.25) is 9.69 Å². The van der Waals surface area contributed by atoms with Crippen molar-refractivity contribution >= 4 is 11.9 Å². The Hall–Kier alpha value is -1.92. The smallest absolute Gasteiger partial charge is 0.407 e. The molecule has 6 heteroatoms. The normalized spacial score (nSPS) is 24.0. The van der Waals surface area contributed by atoms with Gasteiger partial charge in [0, 0.05) is 25.0 Å². The van der Waals surface area contributed by atoms with Crippen LogP contribution in [0.1, 0.15) is 31.2 Å². The Bertz CT molecular complexity index is 579. The van der Waals surface area contributed by atoms with Crippen molar-refractivity contribution in [3.63, 3.8) is 0 Å². The molecule has 0 aromatic heterocycles. The van der Waals surface area contributed by atoms with Crippen LogP contribution in [0.25, 0.3) is 0 Å². The zero-order valence-electron chi connectivity index (χ0n) is 15.2. The number of alkyl carbamates (subject to hydrolysis) is 1. The number of amides is 1. The first-order chi connectivity index (χ1) is 12.7. The number of morpholine rings is 1. The molecule has 1 N–H and O–H groups in total. The summed E-state index contributed by atoms with van der Waals surface area (Å²) in [5, 5.41) is 2.93. The van der Waals surface area contributed by atoms with Crippen molar-refractivity contribution in [3.05, 3.63) is 35.9 Å². The summed E-state index contributed by atoms with van der Waals surface area (Å²) in [6.07, 6.45) is 2.97. The first-order valence-corrected chi connectivity index (χ1v) is 9.51. The lowest BCUT2D eigenvalue weighted by Gasteiger charge is -2.31. The lowest BCUT2D eigenvalue weighted by Crippen LogP contribution is -2.43. The molecule has 2 fully saturated rings. The molecule has 3 rings (SSSR count). The summed E-state index contributed by atoms with van der Waals surface area (Å²) in [5.74, 6) is 0.452. The maximum atomic E-state index is 12.5. The second-order valence-corrected chi connectivity index (χ2v) is 7.11. The number of ketones is 1. The molecule has 1 aliphatic carbocycles. The Labute approximate surface area is 154 Å². The van der Waals surface area contributed by atoms with Crippen LogP contribution >= 0.6 is 0 Å². The zero-order valence-corrected chi connectivity index (χ0v) is 15.2. The molecule has 142 valence electrons. The number of nitrogens with one attached hydrogen (secondary N) is 1. The van der Waals surface area contributed by atoms with Crippen molar-refractivity contribution in [3.8, 4) is 0 Å². The van der Waals surface area contributed by atoms with E-state index in [2.05, 4.69) is 10.2 Å². The van der Waals surface area contributed by atoms with E-state index in [9.17, 15) is 9.59 Å². The van der Waals surface area contributed by atoms with Gasteiger partial charge in [0.25, 0.3) is 0 Å².